The summed E-state index contributed by atoms with van der Waals surface area (Å²) in [6.07, 6.45) is 7.71. The lowest BCUT2D eigenvalue weighted by Gasteiger charge is -2.20. The summed E-state index contributed by atoms with van der Waals surface area (Å²) in [5.41, 5.74) is 2.51. The van der Waals surface area contributed by atoms with Crippen LogP contribution in [-0.4, -0.2) is 11.9 Å². The van der Waals surface area contributed by atoms with Crippen LogP contribution < -0.4 is 5.32 Å². The van der Waals surface area contributed by atoms with Crippen LogP contribution in [0.2, 0.25) is 0 Å². The molecular formula is C26H29NO3S. The van der Waals surface area contributed by atoms with E-state index in [1.54, 1.807) is 18.4 Å². The first-order chi connectivity index (χ1) is 14.8. The lowest BCUT2D eigenvalue weighted by Crippen LogP contribution is -2.32. The molecule has 5 heteroatoms. The minimum atomic E-state index is -0.261. The van der Waals surface area contributed by atoms with Gasteiger partial charge < -0.3 is 14.2 Å². The molecule has 4 nitrogen and oxygen atoms in total. The van der Waals surface area contributed by atoms with Crippen LogP contribution in [0.15, 0.2) is 86.3 Å². The van der Waals surface area contributed by atoms with Crippen LogP contribution in [-0.2, 0) is 5.41 Å². The van der Waals surface area contributed by atoms with Crippen molar-refractivity contribution < 1.29 is 13.6 Å². The highest BCUT2D eigenvalue weighted by Gasteiger charge is 2.18. The van der Waals surface area contributed by atoms with Crippen molar-refractivity contribution in [1.29, 1.82) is 0 Å². The van der Waals surface area contributed by atoms with Crippen LogP contribution in [0.4, 0.5) is 0 Å². The zero-order valence-corrected chi connectivity index (χ0v) is 19.3. The third-order valence-corrected chi connectivity index (χ3v) is 5.92. The van der Waals surface area contributed by atoms with E-state index in [9.17, 15) is 4.79 Å². The smallest absolute Gasteiger partial charge is 0.287 e. The van der Waals surface area contributed by atoms with Crippen LogP contribution in [0.5, 0.6) is 0 Å². The van der Waals surface area contributed by atoms with Gasteiger partial charge in [-0.2, -0.15) is 0 Å². The molecule has 0 fully saturated rings. The number of hydrogen-bond acceptors (Lipinski definition) is 4. The second-order valence-corrected chi connectivity index (χ2v) is 9.48. The van der Waals surface area contributed by atoms with Crippen LogP contribution in [0.3, 0.4) is 0 Å². The third kappa shape index (κ3) is 6.28. The topological polar surface area (TPSA) is 55.4 Å². The molecule has 1 aromatic carbocycles. The van der Waals surface area contributed by atoms with Crippen molar-refractivity contribution in [2.24, 2.45) is 0 Å². The normalized spacial score (nSPS) is 12.8. The van der Waals surface area contributed by atoms with E-state index in [1.165, 1.54) is 22.9 Å². The fourth-order valence-electron chi connectivity index (χ4n) is 2.98. The zero-order valence-electron chi connectivity index (χ0n) is 18.5. The molecule has 162 valence electrons. The first-order valence-electron chi connectivity index (χ1n) is 10.3. The van der Waals surface area contributed by atoms with Crippen LogP contribution in [0.25, 0.3) is 6.08 Å². The average molecular weight is 436 g/mol. The minimum absolute atomic E-state index is 0.0700. The highest BCUT2D eigenvalue weighted by Crippen LogP contribution is 2.35. The van der Waals surface area contributed by atoms with Crippen molar-refractivity contribution in [1.82, 2.24) is 5.32 Å². The molecule has 3 aromatic rings. The van der Waals surface area contributed by atoms with E-state index in [2.05, 4.69) is 57.8 Å². The zero-order chi connectivity index (χ0) is 22.4. The molecule has 31 heavy (non-hydrogen) atoms. The van der Waals surface area contributed by atoms with E-state index < -0.39 is 0 Å². The Kier molecular flexibility index (Phi) is 7.29. The van der Waals surface area contributed by atoms with Gasteiger partial charge in [-0.1, -0.05) is 56.8 Å². The predicted octanol–water partition coefficient (Wildman–Crippen LogP) is 7.02. The van der Waals surface area contributed by atoms with Crippen molar-refractivity contribution in [3.63, 3.8) is 0 Å². The summed E-state index contributed by atoms with van der Waals surface area (Å²) in [5.74, 6) is 0.753. The quantitative estimate of drug-likeness (QED) is 0.386. The maximum absolute atomic E-state index is 12.7. The van der Waals surface area contributed by atoms with Gasteiger partial charge in [-0.05, 0) is 66.3 Å². The Morgan fingerprint density at radius 2 is 2.03 bits per heavy atom. The molecule has 0 radical (unpaired) electrons. The predicted molar refractivity (Wildman–Crippen MR) is 127 cm³/mol. The summed E-state index contributed by atoms with van der Waals surface area (Å²) < 4.78 is 11.1. The number of carbonyl (C=O) groups is 1. The Hall–Kier alpha value is -2.92. The molecule has 0 saturated heterocycles. The highest BCUT2D eigenvalue weighted by atomic mass is 32.2. The van der Waals surface area contributed by atoms with Crippen molar-refractivity contribution in [2.75, 3.05) is 0 Å². The van der Waals surface area contributed by atoms with Gasteiger partial charge >= 0.3 is 0 Å². The van der Waals surface area contributed by atoms with Gasteiger partial charge in [0.1, 0.15) is 5.76 Å². The summed E-state index contributed by atoms with van der Waals surface area (Å²) in [5, 5.41) is 3.66. The van der Waals surface area contributed by atoms with Crippen LogP contribution in [0, 0.1) is 6.92 Å². The summed E-state index contributed by atoms with van der Waals surface area (Å²) in [4.78, 5) is 13.8. The van der Waals surface area contributed by atoms with Crippen LogP contribution in [0.1, 0.15) is 54.6 Å². The Morgan fingerprint density at radius 1 is 1.23 bits per heavy atom. The summed E-state index contributed by atoms with van der Waals surface area (Å²) in [7, 11) is 0. The van der Waals surface area contributed by atoms with Gasteiger partial charge in [-0.25, -0.2) is 0 Å². The summed E-state index contributed by atoms with van der Waals surface area (Å²) in [6, 6.07) is 13.5. The van der Waals surface area contributed by atoms with Gasteiger partial charge in [0.2, 0.25) is 0 Å². The van der Waals surface area contributed by atoms with Gasteiger partial charge in [-0.3, -0.25) is 4.79 Å². The van der Waals surface area contributed by atoms with Crippen molar-refractivity contribution in [3.8, 4) is 0 Å². The monoisotopic (exact) mass is 435 g/mol. The molecule has 2 aromatic heterocycles. The maximum Gasteiger partial charge on any atom is 0.287 e. The highest BCUT2D eigenvalue weighted by molar-refractivity contribution is 7.99. The molecule has 0 bridgehead atoms. The Labute approximate surface area is 188 Å². The summed E-state index contributed by atoms with van der Waals surface area (Å²) in [6.45, 7) is 12.4. The standard InChI is InChI=1S/C26H29NO3S/c1-6-8-20(12-13-21-9-7-16-29-21)27-25(28)22-14-15-24(30-22)31-23-17-19(26(3,4)5)11-10-18(23)2/h6-7,9-17,20H,1,8H2,2-5H3,(H,27,28)/b13-12+. The number of amides is 1. The Morgan fingerprint density at radius 3 is 2.71 bits per heavy atom. The summed E-state index contributed by atoms with van der Waals surface area (Å²) >= 11 is 1.53. The lowest BCUT2D eigenvalue weighted by molar-refractivity contribution is 0.0912. The van der Waals surface area contributed by atoms with Gasteiger partial charge in [0.25, 0.3) is 5.91 Å². The fourth-order valence-corrected chi connectivity index (χ4v) is 3.88. The van der Waals surface area contributed by atoms with E-state index in [0.29, 0.717) is 11.5 Å². The van der Waals surface area contributed by atoms with Gasteiger partial charge in [0.15, 0.2) is 10.9 Å². The molecule has 1 unspecified atom stereocenters. The number of furan rings is 2. The minimum Gasteiger partial charge on any atom is -0.465 e. The third-order valence-electron chi connectivity index (χ3n) is 4.84. The van der Waals surface area contributed by atoms with Gasteiger partial charge in [0.05, 0.1) is 12.3 Å². The van der Waals surface area contributed by atoms with Crippen LogP contribution >= 0.6 is 11.8 Å². The lowest BCUT2D eigenvalue weighted by atomic mass is 9.87. The number of hydrogen-bond donors (Lipinski definition) is 1. The number of carbonyl (C=O) groups excluding carboxylic acids is 1. The van der Waals surface area contributed by atoms with Crippen molar-refractivity contribution in [2.45, 2.75) is 55.6 Å². The average Bonchev–Trinajstić information content (AvgIpc) is 3.39. The largest absolute Gasteiger partial charge is 0.465 e. The Balaban J connectivity index is 1.69. The van der Waals surface area contributed by atoms with Crippen molar-refractivity contribution in [3.05, 3.63) is 90.1 Å². The molecule has 3 rings (SSSR count). The second-order valence-electron chi connectivity index (χ2n) is 8.43. The molecule has 0 aliphatic heterocycles. The first-order valence-corrected chi connectivity index (χ1v) is 11.1. The first kappa shape index (κ1) is 22.8. The van der Waals surface area contributed by atoms with E-state index in [1.807, 2.05) is 30.4 Å². The molecule has 0 aliphatic rings. The molecule has 1 amide bonds. The number of nitrogens with one attached hydrogen (secondary N) is 1. The van der Waals surface area contributed by atoms with E-state index in [4.69, 9.17) is 8.83 Å². The number of rotatable bonds is 8. The molecule has 0 aliphatic carbocycles. The Bertz CT molecular complexity index is 1050. The van der Waals surface area contributed by atoms with Gasteiger partial charge in [-0.15, -0.1) is 6.58 Å². The molecular weight excluding hydrogens is 406 g/mol. The van der Waals surface area contributed by atoms with E-state index in [-0.39, 0.29) is 23.1 Å². The van der Waals surface area contributed by atoms with Crippen molar-refractivity contribution >= 4 is 23.7 Å². The molecule has 0 spiro atoms. The SMILES string of the molecule is C=CCC(/C=C/c1ccco1)NC(=O)c1ccc(Sc2cc(C(C)(C)C)ccc2C)o1. The maximum atomic E-state index is 12.7. The second kappa shape index (κ2) is 9.92. The molecule has 0 saturated carbocycles. The number of benzene rings is 1. The fraction of sp³-hybridized carbons (Fsp3) is 0.269. The molecule has 2 heterocycles. The molecule has 1 atom stereocenters. The van der Waals surface area contributed by atoms with E-state index in [0.717, 1.165) is 10.7 Å². The van der Waals surface area contributed by atoms with Gasteiger partial charge in [0, 0.05) is 4.90 Å². The van der Waals surface area contributed by atoms with E-state index >= 15 is 0 Å². The molecule has 1 N–H and O–H groups in total. The number of aryl methyl sites for hydroxylation is 1.